The van der Waals surface area contributed by atoms with E-state index in [1.165, 1.54) is 64.0 Å². The van der Waals surface area contributed by atoms with Crippen molar-refractivity contribution in [2.24, 2.45) is 0 Å². The Morgan fingerprint density at radius 3 is 1.41 bits per heavy atom. The summed E-state index contributed by atoms with van der Waals surface area (Å²) < 4.78 is 1.25. The molecule has 0 saturated heterocycles. The highest BCUT2D eigenvalue weighted by Crippen LogP contribution is 2.51. The summed E-state index contributed by atoms with van der Waals surface area (Å²) in [5, 5.41) is 8.52. The molecule has 0 unspecified atom stereocenters. The van der Waals surface area contributed by atoms with Crippen molar-refractivity contribution in [3.63, 3.8) is 0 Å². The SMILES string of the molecule is c1ccc(-c2c(-c3ccc(N(c4ccccc4)c4ccccc4)c4ccccc34)sc3ccc(N(c4cccc5ccccc45)c4cccc5ccccc45)cc23)cc1. The van der Waals surface area contributed by atoms with Crippen LogP contribution in [0, 0.1) is 0 Å². The van der Waals surface area contributed by atoms with Gasteiger partial charge in [-0.2, -0.15) is 0 Å². The van der Waals surface area contributed by atoms with Crippen molar-refractivity contribution in [1.82, 2.24) is 0 Å². The second-order valence-electron chi connectivity index (χ2n) is 14.9. The average Bonchev–Trinajstić information content (AvgIpc) is 3.69. The molecule has 0 aliphatic heterocycles. The zero-order chi connectivity index (χ0) is 39.1. The molecule has 10 aromatic carbocycles. The molecule has 0 aliphatic carbocycles. The molecule has 0 atom stereocenters. The molecule has 0 bridgehead atoms. The molecule has 11 rings (SSSR count). The molecular formula is C56H38N2S. The first kappa shape index (κ1) is 34.8. The van der Waals surface area contributed by atoms with Gasteiger partial charge in [0.2, 0.25) is 0 Å². The summed E-state index contributed by atoms with van der Waals surface area (Å²) in [6.07, 6.45) is 0. The first-order chi connectivity index (χ1) is 29.3. The van der Waals surface area contributed by atoms with E-state index >= 15 is 0 Å². The minimum Gasteiger partial charge on any atom is -0.310 e. The summed E-state index contributed by atoms with van der Waals surface area (Å²) in [7, 11) is 0. The molecule has 278 valence electrons. The number of thiophene rings is 1. The second-order valence-corrected chi connectivity index (χ2v) is 15.9. The molecule has 2 nitrogen and oxygen atoms in total. The molecule has 1 aromatic heterocycles. The molecule has 11 aromatic rings. The number of para-hydroxylation sites is 2. The smallest absolute Gasteiger partial charge is 0.0540 e. The van der Waals surface area contributed by atoms with Gasteiger partial charge in [-0.05, 0) is 82.4 Å². The lowest BCUT2D eigenvalue weighted by atomic mass is 9.94. The summed E-state index contributed by atoms with van der Waals surface area (Å²) in [5.41, 5.74) is 10.5. The van der Waals surface area contributed by atoms with Crippen LogP contribution in [0.2, 0.25) is 0 Å². The number of anilines is 6. The topological polar surface area (TPSA) is 6.48 Å². The van der Waals surface area contributed by atoms with Crippen LogP contribution in [0.15, 0.2) is 231 Å². The monoisotopic (exact) mass is 770 g/mol. The van der Waals surface area contributed by atoms with Crippen LogP contribution in [0.4, 0.5) is 34.1 Å². The first-order valence-corrected chi connectivity index (χ1v) is 20.9. The third-order valence-corrected chi connectivity index (χ3v) is 12.6. The summed E-state index contributed by atoms with van der Waals surface area (Å²) in [6.45, 7) is 0. The van der Waals surface area contributed by atoms with Gasteiger partial charge in [-0.3, -0.25) is 0 Å². The van der Waals surface area contributed by atoms with E-state index in [1.54, 1.807) is 0 Å². The molecule has 0 aliphatic rings. The van der Waals surface area contributed by atoms with Gasteiger partial charge in [0.1, 0.15) is 0 Å². The maximum absolute atomic E-state index is 2.46. The van der Waals surface area contributed by atoms with Gasteiger partial charge in [0, 0.05) is 59.3 Å². The number of benzene rings is 10. The lowest BCUT2D eigenvalue weighted by molar-refractivity contribution is 1.30. The number of hydrogen-bond donors (Lipinski definition) is 0. The van der Waals surface area contributed by atoms with E-state index in [4.69, 9.17) is 0 Å². The highest BCUT2D eigenvalue weighted by atomic mass is 32.1. The van der Waals surface area contributed by atoms with Gasteiger partial charge >= 0.3 is 0 Å². The quantitative estimate of drug-likeness (QED) is 0.152. The molecule has 0 fully saturated rings. The minimum absolute atomic E-state index is 1.12. The molecule has 3 heteroatoms. The van der Waals surface area contributed by atoms with Crippen molar-refractivity contribution in [3.05, 3.63) is 231 Å². The van der Waals surface area contributed by atoms with Crippen molar-refractivity contribution >= 4 is 87.9 Å². The fraction of sp³-hybridized carbons (Fsp3) is 0. The lowest BCUT2D eigenvalue weighted by Gasteiger charge is -2.28. The van der Waals surface area contributed by atoms with Gasteiger partial charge in [-0.25, -0.2) is 0 Å². The molecule has 1 heterocycles. The van der Waals surface area contributed by atoms with Crippen LogP contribution in [-0.4, -0.2) is 0 Å². The standard InChI is InChI=1S/C56H38N2S/c1-4-20-41(21-5-1)55-50-38-44(58(51-32-16-22-39-18-10-12-28-45(39)51)52-33-17-23-40-19-11-13-29-46(40)52)34-37-54(50)59-56(55)49-35-36-53(48-31-15-14-30-47(48)49)57(42-24-6-2-7-25-42)43-26-8-3-9-27-43/h1-38H. The van der Waals surface area contributed by atoms with E-state index < -0.39 is 0 Å². The van der Waals surface area contributed by atoms with Crippen LogP contribution in [-0.2, 0) is 0 Å². The second kappa shape index (κ2) is 14.8. The van der Waals surface area contributed by atoms with Gasteiger partial charge in [0.15, 0.2) is 0 Å². The maximum Gasteiger partial charge on any atom is 0.0540 e. The van der Waals surface area contributed by atoms with Crippen molar-refractivity contribution < 1.29 is 0 Å². The molecule has 0 N–H and O–H groups in total. The lowest BCUT2D eigenvalue weighted by Crippen LogP contribution is -2.11. The molecule has 59 heavy (non-hydrogen) atoms. The van der Waals surface area contributed by atoms with Gasteiger partial charge in [0.05, 0.1) is 17.1 Å². The third-order valence-electron chi connectivity index (χ3n) is 11.4. The van der Waals surface area contributed by atoms with Gasteiger partial charge in [0.25, 0.3) is 0 Å². The Bertz CT molecular complexity index is 3150. The minimum atomic E-state index is 1.12. The van der Waals surface area contributed by atoms with Crippen molar-refractivity contribution in [2.75, 3.05) is 9.80 Å². The van der Waals surface area contributed by atoms with E-state index in [9.17, 15) is 0 Å². The number of rotatable bonds is 8. The predicted octanol–water partition coefficient (Wildman–Crippen LogP) is 16.6. The van der Waals surface area contributed by atoms with Gasteiger partial charge in [-0.1, -0.05) is 170 Å². The van der Waals surface area contributed by atoms with Crippen LogP contribution in [0.1, 0.15) is 0 Å². The molecule has 0 amide bonds. The Labute approximate surface area is 348 Å². The maximum atomic E-state index is 2.46. The van der Waals surface area contributed by atoms with E-state index in [2.05, 4.69) is 240 Å². The van der Waals surface area contributed by atoms with Crippen LogP contribution in [0.3, 0.4) is 0 Å². The largest absolute Gasteiger partial charge is 0.310 e. The van der Waals surface area contributed by atoms with Crippen molar-refractivity contribution in [2.45, 2.75) is 0 Å². The van der Waals surface area contributed by atoms with E-state index in [0.29, 0.717) is 0 Å². The Balaban J connectivity index is 1.16. The van der Waals surface area contributed by atoms with Crippen LogP contribution in [0.25, 0.3) is 64.0 Å². The highest BCUT2D eigenvalue weighted by Gasteiger charge is 2.24. The van der Waals surface area contributed by atoms with E-state index in [1.807, 2.05) is 11.3 Å². The highest BCUT2D eigenvalue weighted by molar-refractivity contribution is 7.23. The zero-order valence-electron chi connectivity index (χ0n) is 32.2. The average molecular weight is 771 g/mol. The molecular weight excluding hydrogens is 733 g/mol. The molecule has 0 radical (unpaired) electrons. The number of fused-ring (bicyclic) bond motifs is 4. The Morgan fingerprint density at radius 2 is 0.797 bits per heavy atom. The van der Waals surface area contributed by atoms with E-state index in [0.717, 1.165) is 34.1 Å². The fourth-order valence-corrected chi connectivity index (χ4v) is 10.0. The fourth-order valence-electron chi connectivity index (χ4n) is 8.78. The molecule has 0 spiro atoms. The molecule has 0 saturated carbocycles. The first-order valence-electron chi connectivity index (χ1n) is 20.1. The Hall–Kier alpha value is -7.46. The van der Waals surface area contributed by atoms with Gasteiger partial charge in [-0.15, -0.1) is 11.3 Å². The summed E-state index contributed by atoms with van der Waals surface area (Å²) in [6, 6.07) is 83.6. The summed E-state index contributed by atoms with van der Waals surface area (Å²) >= 11 is 1.88. The predicted molar refractivity (Wildman–Crippen MR) is 255 cm³/mol. The number of hydrogen-bond acceptors (Lipinski definition) is 3. The van der Waals surface area contributed by atoms with E-state index in [-0.39, 0.29) is 0 Å². The third kappa shape index (κ3) is 6.12. The Morgan fingerprint density at radius 1 is 0.305 bits per heavy atom. The zero-order valence-corrected chi connectivity index (χ0v) is 33.1. The van der Waals surface area contributed by atoms with Gasteiger partial charge < -0.3 is 9.80 Å². The summed E-state index contributed by atoms with van der Waals surface area (Å²) in [5.74, 6) is 0. The van der Waals surface area contributed by atoms with Crippen LogP contribution >= 0.6 is 11.3 Å². The van der Waals surface area contributed by atoms with Crippen molar-refractivity contribution in [3.8, 4) is 21.6 Å². The van der Waals surface area contributed by atoms with Crippen LogP contribution in [0.5, 0.6) is 0 Å². The number of nitrogens with zero attached hydrogens (tertiary/aromatic N) is 2. The Kier molecular flexibility index (Phi) is 8.72. The van der Waals surface area contributed by atoms with Crippen molar-refractivity contribution in [1.29, 1.82) is 0 Å². The normalized spacial score (nSPS) is 11.4. The van der Waals surface area contributed by atoms with Crippen LogP contribution < -0.4 is 9.80 Å². The summed E-state index contributed by atoms with van der Waals surface area (Å²) in [4.78, 5) is 6.09.